The number of hydrazone groups is 2. The lowest BCUT2D eigenvalue weighted by Crippen LogP contribution is -2.30. The van der Waals surface area contributed by atoms with E-state index in [9.17, 15) is 4.79 Å². The van der Waals surface area contributed by atoms with Crippen LogP contribution in [0, 0.1) is 0 Å². The fourth-order valence-corrected chi connectivity index (χ4v) is 1.62. The van der Waals surface area contributed by atoms with Crippen molar-refractivity contribution >= 4 is 40.4 Å². The van der Waals surface area contributed by atoms with Crippen molar-refractivity contribution in [2.45, 2.75) is 20.8 Å². The van der Waals surface area contributed by atoms with Gasteiger partial charge in [-0.05, 0) is 57.3 Å². The Bertz CT molecular complexity index is 629. The van der Waals surface area contributed by atoms with Crippen molar-refractivity contribution in [1.29, 1.82) is 0 Å². The maximum Gasteiger partial charge on any atom is 0.360 e. The molecule has 0 aliphatic heterocycles. The van der Waals surface area contributed by atoms with E-state index in [2.05, 4.69) is 33.3 Å². The summed E-state index contributed by atoms with van der Waals surface area (Å²) in [6, 6.07) is 7.13. The third kappa shape index (κ3) is 6.61. The lowest BCUT2D eigenvalue weighted by Gasteiger charge is -2.08. The molecule has 0 aromatic heterocycles. The molecule has 4 N–H and O–H groups in total. The number of carbonyl (C=O) groups is 1. The van der Waals surface area contributed by atoms with E-state index in [4.69, 9.17) is 15.2 Å². The molecule has 0 unspecified atom stereocenters. The van der Waals surface area contributed by atoms with E-state index in [1.807, 2.05) is 6.92 Å². The first-order chi connectivity index (χ1) is 11.5. The molecule has 0 amide bonds. The first-order valence-corrected chi connectivity index (χ1v) is 7.72. The van der Waals surface area contributed by atoms with Gasteiger partial charge in [0.15, 0.2) is 10.8 Å². The molecule has 130 valence electrons. The fourth-order valence-electron chi connectivity index (χ4n) is 1.58. The summed E-state index contributed by atoms with van der Waals surface area (Å²) in [5.74, 6) is 0.137. The van der Waals surface area contributed by atoms with Crippen LogP contribution in [0.5, 0.6) is 5.75 Å². The molecule has 0 aliphatic carbocycles. The van der Waals surface area contributed by atoms with E-state index in [0.29, 0.717) is 12.3 Å². The number of nitrogens with zero attached hydrogens (tertiary/aromatic N) is 2. The van der Waals surface area contributed by atoms with Crippen LogP contribution in [0.15, 0.2) is 34.5 Å². The largest absolute Gasteiger partial charge is 0.494 e. The number of nitrogens with two attached hydrogens (primary N) is 1. The Hall–Kier alpha value is -2.68. The molecule has 0 spiro atoms. The van der Waals surface area contributed by atoms with Gasteiger partial charge in [0, 0.05) is 0 Å². The van der Waals surface area contributed by atoms with Crippen LogP contribution in [0.4, 0.5) is 5.69 Å². The molecule has 24 heavy (non-hydrogen) atoms. The van der Waals surface area contributed by atoms with Crippen molar-refractivity contribution in [2.75, 3.05) is 18.6 Å². The highest BCUT2D eigenvalue weighted by Crippen LogP contribution is 2.15. The number of benzene rings is 1. The maximum atomic E-state index is 12.0. The lowest BCUT2D eigenvalue weighted by molar-refractivity contribution is -0.134. The number of carbonyl (C=O) groups excluding carboxylic acids is 1. The van der Waals surface area contributed by atoms with Crippen molar-refractivity contribution < 1.29 is 14.3 Å². The molecule has 0 heterocycles. The van der Waals surface area contributed by atoms with Crippen molar-refractivity contribution in [3.63, 3.8) is 0 Å². The third-order valence-electron chi connectivity index (χ3n) is 2.61. The summed E-state index contributed by atoms with van der Waals surface area (Å²) in [6.07, 6.45) is 0. The normalized spacial score (nSPS) is 11.6. The van der Waals surface area contributed by atoms with Gasteiger partial charge < -0.3 is 15.2 Å². The zero-order valence-electron chi connectivity index (χ0n) is 13.8. The van der Waals surface area contributed by atoms with E-state index >= 15 is 0 Å². The highest BCUT2D eigenvalue weighted by atomic mass is 32.1. The summed E-state index contributed by atoms with van der Waals surface area (Å²) in [6.45, 7) is 6.00. The quantitative estimate of drug-likeness (QED) is 0.282. The zero-order chi connectivity index (χ0) is 17.9. The van der Waals surface area contributed by atoms with Crippen LogP contribution in [0.3, 0.4) is 0 Å². The van der Waals surface area contributed by atoms with Gasteiger partial charge in [0.1, 0.15) is 5.75 Å². The van der Waals surface area contributed by atoms with Crippen LogP contribution in [-0.4, -0.2) is 35.7 Å². The van der Waals surface area contributed by atoms with Crippen LogP contribution in [0.25, 0.3) is 0 Å². The molecule has 0 saturated carbocycles. The summed E-state index contributed by atoms with van der Waals surface area (Å²) in [5, 5.41) is 7.93. The molecule has 9 heteroatoms. The van der Waals surface area contributed by atoms with Crippen molar-refractivity contribution in [2.24, 2.45) is 15.9 Å². The summed E-state index contributed by atoms with van der Waals surface area (Å²) in [5.41, 5.74) is 11.5. The number of nitrogens with one attached hydrogen (secondary N) is 2. The van der Waals surface area contributed by atoms with E-state index in [1.165, 1.54) is 0 Å². The monoisotopic (exact) mass is 351 g/mol. The Kier molecular flexibility index (Phi) is 8.20. The van der Waals surface area contributed by atoms with Crippen LogP contribution in [0.1, 0.15) is 20.8 Å². The van der Waals surface area contributed by atoms with Gasteiger partial charge in [-0.2, -0.15) is 10.2 Å². The van der Waals surface area contributed by atoms with Crippen LogP contribution in [-0.2, 0) is 9.53 Å². The van der Waals surface area contributed by atoms with Gasteiger partial charge in [-0.1, -0.05) is 0 Å². The Morgan fingerprint density at radius 3 is 2.42 bits per heavy atom. The molecule has 1 aromatic carbocycles. The summed E-state index contributed by atoms with van der Waals surface area (Å²) < 4.78 is 10.3. The Balaban J connectivity index is 2.92. The molecule has 0 atom stereocenters. The van der Waals surface area contributed by atoms with Crippen molar-refractivity contribution in [3.8, 4) is 5.75 Å². The van der Waals surface area contributed by atoms with Gasteiger partial charge in [-0.15, -0.1) is 0 Å². The van der Waals surface area contributed by atoms with Gasteiger partial charge in [0.2, 0.25) is 0 Å². The van der Waals surface area contributed by atoms with Gasteiger partial charge in [-0.3, -0.25) is 10.9 Å². The first kappa shape index (κ1) is 19.4. The SMILES string of the molecule is CCOC(=O)C(=NNc1ccc(OCC)cc1)C(C)=NNC(N)=S. The average Bonchev–Trinajstić information content (AvgIpc) is 2.55. The number of esters is 1. The smallest absolute Gasteiger partial charge is 0.360 e. The van der Waals surface area contributed by atoms with Crippen LogP contribution in [0.2, 0.25) is 0 Å². The summed E-state index contributed by atoms with van der Waals surface area (Å²) in [4.78, 5) is 12.0. The zero-order valence-corrected chi connectivity index (χ0v) is 14.6. The molecule has 1 aromatic rings. The molecule has 0 radical (unpaired) electrons. The van der Waals surface area contributed by atoms with Gasteiger partial charge in [-0.25, -0.2) is 4.79 Å². The maximum absolute atomic E-state index is 12.0. The number of thiocarbonyl (C=S) groups is 1. The van der Waals surface area contributed by atoms with E-state index < -0.39 is 5.97 Å². The standard InChI is InChI=1S/C15H21N5O3S/c1-4-22-12-8-6-11(7-9-12)18-19-13(14(21)23-5-2)10(3)17-20-15(16)24/h6-9,18H,4-5H2,1-3H3,(H3,16,20,24). The Morgan fingerprint density at radius 1 is 1.21 bits per heavy atom. The second-order valence-corrected chi connectivity index (χ2v) is 4.86. The van der Waals surface area contributed by atoms with Crippen molar-refractivity contribution in [3.05, 3.63) is 24.3 Å². The Morgan fingerprint density at radius 2 is 1.88 bits per heavy atom. The minimum absolute atomic E-state index is 0.00878. The summed E-state index contributed by atoms with van der Waals surface area (Å²) >= 11 is 4.67. The van der Waals surface area contributed by atoms with Gasteiger partial charge >= 0.3 is 5.97 Å². The minimum atomic E-state index is -0.609. The van der Waals surface area contributed by atoms with Crippen LogP contribution < -0.4 is 21.3 Å². The number of rotatable bonds is 8. The van der Waals surface area contributed by atoms with E-state index in [1.54, 1.807) is 38.1 Å². The Labute approximate surface area is 146 Å². The minimum Gasteiger partial charge on any atom is -0.494 e. The predicted octanol–water partition coefficient (Wildman–Crippen LogP) is 1.63. The number of hydrogen-bond acceptors (Lipinski definition) is 7. The van der Waals surface area contributed by atoms with Gasteiger partial charge in [0.05, 0.1) is 24.6 Å². The molecule has 0 fully saturated rings. The fraction of sp³-hybridized carbons (Fsp3) is 0.333. The number of hydrogen-bond donors (Lipinski definition) is 3. The average molecular weight is 351 g/mol. The van der Waals surface area contributed by atoms with Gasteiger partial charge in [0.25, 0.3) is 0 Å². The molecule has 1 rings (SSSR count). The predicted molar refractivity (Wildman–Crippen MR) is 98.3 cm³/mol. The topological polar surface area (TPSA) is 110 Å². The highest BCUT2D eigenvalue weighted by Gasteiger charge is 2.17. The number of ether oxygens (including phenoxy) is 2. The molecular weight excluding hydrogens is 330 g/mol. The second-order valence-electron chi connectivity index (χ2n) is 4.42. The molecule has 0 aliphatic rings. The number of anilines is 1. The molecule has 0 saturated heterocycles. The van der Waals surface area contributed by atoms with E-state index in [0.717, 1.165) is 5.75 Å². The second kappa shape index (κ2) is 10.2. The molecule has 8 nitrogen and oxygen atoms in total. The van der Waals surface area contributed by atoms with Crippen molar-refractivity contribution in [1.82, 2.24) is 5.43 Å². The molecule has 0 bridgehead atoms. The summed E-state index contributed by atoms with van der Waals surface area (Å²) in [7, 11) is 0. The highest BCUT2D eigenvalue weighted by molar-refractivity contribution is 7.80. The van der Waals surface area contributed by atoms with Crippen LogP contribution >= 0.6 is 12.2 Å². The third-order valence-corrected chi connectivity index (χ3v) is 2.70. The molecular formula is C15H21N5O3S. The lowest BCUT2D eigenvalue weighted by atomic mass is 10.2. The van der Waals surface area contributed by atoms with E-state index in [-0.39, 0.29) is 23.1 Å². The first-order valence-electron chi connectivity index (χ1n) is 7.31.